The van der Waals surface area contributed by atoms with Crippen LogP contribution in [0.3, 0.4) is 0 Å². The molecule has 2 N–H and O–H groups in total. The maximum atomic E-state index is 12.1. The maximum absolute atomic E-state index is 12.1. The van der Waals surface area contributed by atoms with E-state index in [4.69, 9.17) is 16.3 Å². The second-order valence-electron chi connectivity index (χ2n) is 5.22. The third-order valence-electron chi connectivity index (χ3n) is 3.72. The number of amides is 1. The lowest BCUT2D eigenvalue weighted by Gasteiger charge is -2.17. The predicted octanol–water partition coefficient (Wildman–Crippen LogP) is 2.04. The second kappa shape index (κ2) is 6.89. The fraction of sp³-hybridized carbons (Fsp3) is 0.400. The van der Waals surface area contributed by atoms with Crippen LogP contribution >= 0.6 is 11.6 Å². The molecule has 7 heteroatoms. The Morgan fingerprint density at radius 1 is 1.45 bits per heavy atom. The molecule has 1 amide bonds. The first-order valence-electron chi connectivity index (χ1n) is 7.23. The Balaban J connectivity index is 1.54. The van der Waals surface area contributed by atoms with Gasteiger partial charge in [0.15, 0.2) is 5.82 Å². The highest BCUT2D eigenvalue weighted by atomic mass is 35.5. The molecule has 1 aliphatic rings. The zero-order chi connectivity index (χ0) is 15.4. The molecule has 0 unspecified atom stereocenters. The molecular weight excluding hydrogens is 304 g/mol. The Hall–Kier alpha value is -1.92. The molecule has 0 aliphatic carbocycles. The van der Waals surface area contributed by atoms with Gasteiger partial charge in [-0.05, 0) is 24.5 Å². The average molecular weight is 321 g/mol. The molecule has 3 rings (SSSR count). The number of carbonyl (C=O) groups excluding carboxylic acids is 1. The summed E-state index contributed by atoms with van der Waals surface area (Å²) >= 11 is 6.10. The van der Waals surface area contributed by atoms with Crippen molar-refractivity contribution in [1.29, 1.82) is 0 Å². The molecule has 2 heterocycles. The third kappa shape index (κ3) is 3.45. The monoisotopic (exact) mass is 320 g/mol. The SMILES string of the molecule is O=C(CCc1ccccc1Cl)N[C@H]1CCO[C@H]1c1ncn[nH]1. The summed E-state index contributed by atoms with van der Waals surface area (Å²) in [7, 11) is 0. The van der Waals surface area contributed by atoms with Crippen LogP contribution < -0.4 is 5.32 Å². The largest absolute Gasteiger partial charge is 0.368 e. The number of carbonyl (C=O) groups is 1. The summed E-state index contributed by atoms with van der Waals surface area (Å²) < 4.78 is 5.62. The molecule has 2 aromatic rings. The first-order chi connectivity index (χ1) is 10.7. The van der Waals surface area contributed by atoms with Crippen LogP contribution in [0.25, 0.3) is 0 Å². The number of benzene rings is 1. The molecule has 1 saturated heterocycles. The topological polar surface area (TPSA) is 79.9 Å². The molecule has 0 saturated carbocycles. The van der Waals surface area contributed by atoms with Gasteiger partial charge >= 0.3 is 0 Å². The lowest BCUT2D eigenvalue weighted by atomic mass is 10.1. The summed E-state index contributed by atoms with van der Waals surface area (Å²) in [5, 5.41) is 10.3. The van der Waals surface area contributed by atoms with E-state index in [-0.39, 0.29) is 18.1 Å². The van der Waals surface area contributed by atoms with E-state index >= 15 is 0 Å². The van der Waals surface area contributed by atoms with Crippen molar-refractivity contribution >= 4 is 17.5 Å². The van der Waals surface area contributed by atoms with Gasteiger partial charge in [0.1, 0.15) is 12.4 Å². The lowest BCUT2D eigenvalue weighted by molar-refractivity contribution is -0.122. The van der Waals surface area contributed by atoms with Gasteiger partial charge in [-0.2, -0.15) is 5.10 Å². The molecule has 1 aromatic carbocycles. The summed E-state index contributed by atoms with van der Waals surface area (Å²) in [4.78, 5) is 16.2. The van der Waals surface area contributed by atoms with Gasteiger partial charge in [0.25, 0.3) is 0 Å². The van der Waals surface area contributed by atoms with E-state index < -0.39 is 0 Å². The molecule has 22 heavy (non-hydrogen) atoms. The Morgan fingerprint density at radius 3 is 3.09 bits per heavy atom. The molecule has 1 fully saturated rings. The summed E-state index contributed by atoms with van der Waals surface area (Å²) in [5.74, 6) is 0.633. The van der Waals surface area contributed by atoms with Crippen molar-refractivity contribution in [3.05, 3.63) is 47.0 Å². The van der Waals surface area contributed by atoms with Gasteiger partial charge < -0.3 is 10.1 Å². The number of H-pyrrole nitrogens is 1. The normalized spacial score (nSPS) is 21.0. The minimum atomic E-state index is -0.258. The molecule has 116 valence electrons. The van der Waals surface area contributed by atoms with E-state index in [1.807, 2.05) is 24.3 Å². The van der Waals surface area contributed by atoms with Gasteiger partial charge in [0, 0.05) is 18.1 Å². The van der Waals surface area contributed by atoms with Gasteiger partial charge in [-0.1, -0.05) is 29.8 Å². The van der Waals surface area contributed by atoms with E-state index in [0.717, 1.165) is 12.0 Å². The first-order valence-corrected chi connectivity index (χ1v) is 7.61. The van der Waals surface area contributed by atoms with Gasteiger partial charge in [-0.25, -0.2) is 4.98 Å². The molecule has 1 aliphatic heterocycles. The summed E-state index contributed by atoms with van der Waals surface area (Å²) in [6.07, 6.45) is 2.96. The number of nitrogens with one attached hydrogen (secondary N) is 2. The van der Waals surface area contributed by atoms with Crippen LogP contribution in [-0.4, -0.2) is 33.7 Å². The molecule has 0 bridgehead atoms. The van der Waals surface area contributed by atoms with Gasteiger partial charge in [-0.15, -0.1) is 0 Å². The van der Waals surface area contributed by atoms with Crippen LogP contribution in [0.2, 0.25) is 5.02 Å². The number of rotatable bonds is 5. The molecule has 1 aromatic heterocycles. The highest BCUT2D eigenvalue weighted by molar-refractivity contribution is 6.31. The summed E-state index contributed by atoms with van der Waals surface area (Å²) in [6.45, 7) is 0.598. The van der Waals surface area contributed by atoms with Crippen LogP contribution in [0.5, 0.6) is 0 Å². The molecule has 6 nitrogen and oxygen atoms in total. The number of halogens is 1. The Labute approximate surface area is 133 Å². The minimum absolute atomic E-state index is 0.0139. The van der Waals surface area contributed by atoms with Crippen LogP contribution in [-0.2, 0) is 16.0 Å². The molecule has 0 spiro atoms. The fourth-order valence-electron chi connectivity index (χ4n) is 2.59. The Morgan fingerprint density at radius 2 is 2.32 bits per heavy atom. The number of hydrogen-bond donors (Lipinski definition) is 2. The van der Waals surface area contributed by atoms with Crippen molar-refractivity contribution in [2.75, 3.05) is 6.61 Å². The molecular formula is C15H17ClN4O2. The Kier molecular flexibility index (Phi) is 4.70. The van der Waals surface area contributed by atoms with Crippen LogP contribution in [0, 0.1) is 0 Å². The number of aromatic amines is 1. The number of aromatic nitrogens is 3. The number of hydrogen-bond acceptors (Lipinski definition) is 4. The van der Waals surface area contributed by atoms with E-state index in [9.17, 15) is 4.79 Å². The average Bonchev–Trinajstić information content (AvgIpc) is 3.17. The van der Waals surface area contributed by atoms with Gasteiger partial charge in [-0.3, -0.25) is 9.89 Å². The van der Waals surface area contributed by atoms with Crippen LogP contribution in [0.4, 0.5) is 0 Å². The van der Waals surface area contributed by atoms with Gasteiger partial charge in [0.05, 0.1) is 6.04 Å². The summed E-state index contributed by atoms with van der Waals surface area (Å²) in [5.41, 5.74) is 0.980. The zero-order valence-electron chi connectivity index (χ0n) is 12.0. The Bertz CT molecular complexity index is 632. The minimum Gasteiger partial charge on any atom is -0.368 e. The smallest absolute Gasteiger partial charge is 0.220 e. The highest BCUT2D eigenvalue weighted by Crippen LogP contribution is 2.26. The van der Waals surface area contributed by atoms with Crippen molar-refractivity contribution in [1.82, 2.24) is 20.5 Å². The van der Waals surface area contributed by atoms with E-state index in [1.165, 1.54) is 6.33 Å². The lowest BCUT2D eigenvalue weighted by Crippen LogP contribution is -2.37. The van der Waals surface area contributed by atoms with E-state index in [0.29, 0.717) is 30.3 Å². The van der Waals surface area contributed by atoms with Gasteiger partial charge in [0.2, 0.25) is 5.91 Å². The second-order valence-corrected chi connectivity index (χ2v) is 5.62. The van der Waals surface area contributed by atoms with Crippen molar-refractivity contribution in [3.8, 4) is 0 Å². The van der Waals surface area contributed by atoms with Crippen molar-refractivity contribution in [2.24, 2.45) is 0 Å². The fourth-order valence-corrected chi connectivity index (χ4v) is 2.82. The van der Waals surface area contributed by atoms with Crippen molar-refractivity contribution < 1.29 is 9.53 Å². The third-order valence-corrected chi connectivity index (χ3v) is 4.09. The van der Waals surface area contributed by atoms with Crippen LogP contribution in [0.1, 0.15) is 30.3 Å². The van der Waals surface area contributed by atoms with E-state index in [1.54, 1.807) is 0 Å². The number of nitrogens with zero attached hydrogens (tertiary/aromatic N) is 2. The number of aryl methyl sites for hydroxylation is 1. The standard InChI is InChI=1S/C15H17ClN4O2/c16-11-4-2-1-3-10(11)5-6-13(21)19-12-7-8-22-14(12)15-17-9-18-20-15/h1-4,9,12,14H,5-8H2,(H,19,21)(H,17,18,20)/t12-,14+/m0/s1. The number of ether oxygens (including phenoxy) is 1. The first kappa shape index (κ1) is 15.0. The molecule has 0 radical (unpaired) electrons. The van der Waals surface area contributed by atoms with Crippen LogP contribution in [0.15, 0.2) is 30.6 Å². The highest BCUT2D eigenvalue weighted by Gasteiger charge is 2.32. The zero-order valence-corrected chi connectivity index (χ0v) is 12.7. The molecule has 2 atom stereocenters. The van der Waals surface area contributed by atoms with Crippen molar-refractivity contribution in [2.45, 2.75) is 31.4 Å². The maximum Gasteiger partial charge on any atom is 0.220 e. The quantitative estimate of drug-likeness (QED) is 0.883. The predicted molar refractivity (Wildman–Crippen MR) is 81.4 cm³/mol. The van der Waals surface area contributed by atoms with Crippen molar-refractivity contribution in [3.63, 3.8) is 0 Å². The summed E-state index contributed by atoms with van der Waals surface area (Å²) in [6, 6.07) is 7.49. The van der Waals surface area contributed by atoms with E-state index in [2.05, 4.69) is 20.5 Å².